The highest BCUT2D eigenvalue weighted by Gasteiger charge is 2.19. The van der Waals surface area contributed by atoms with Crippen LogP contribution in [0, 0.1) is 0 Å². The highest BCUT2D eigenvalue weighted by Crippen LogP contribution is 2.23. The molecule has 0 radical (unpaired) electrons. The largest absolute Gasteiger partial charge is 0.390 e. The van der Waals surface area contributed by atoms with Crippen LogP contribution in [0.25, 0.3) is 0 Å². The molecule has 19 heavy (non-hydrogen) atoms. The van der Waals surface area contributed by atoms with Gasteiger partial charge >= 0.3 is 0 Å². The van der Waals surface area contributed by atoms with E-state index in [-0.39, 0.29) is 0 Å². The fraction of sp³-hybridized carbons (Fsp3) is 0.625. The Kier molecular flexibility index (Phi) is 4.61. The Balaban J connectivity index is 2.09. The van der Waals surface area contributed by atoms with Crippen LogP contribution in [0.1, 0.15) is 37.9 Å². The molecule has 0 saturated carbocycles. The monoisotopic (exact) mass is 262 g/mol. The predicted octanol–water partition coefficient (Wildman–Crippen LogP) is 1.97. The molecule has 1 unspecified atom stereocenters. The third-order valence-electron chi connectivity index (χ3n) is 3.77. The number of hydrogen-bond donors (Lipinski definition) is 2. The summed E-state index contributed by atoms with van der Waals surface area (Å²) in [6.45, 7) is 10.4. The number of rotatable bonds is 4. The highest BCUT2D eigenvalue weighted by atomic mass is 16.3. The molecule has 1 aromatic rings. The summed E-state index contributed by atoms with van der Waals surface area (Å²) in [7, 11) is 0. The van der Waals surface area contributed by atoms with Gasteiger partial charge in [-0.3, -0.25) is 4.90 Å². The van der Waals surface area contributed by atoms with Gasteiger partial charge in [0.05, 0.1) is 5.60 Å². The fourth-order valence-electron chi connectivity index (χ4n) is 2.74. The Morgan fingerprint density at radius 3 is 2.63 bits per heavy atom. The maximum atomic E-state index is 9.93. The number of hydrogen-bond acceptors (Lipinski definition) is 3. The van der Waals surface area contributed by atoms with E-state index in [0.717, 1.165) is 26.2 Å². The molecule has 2 N–H and O–H groups in total. The first-order valence-corrected chi connectivity index (χ1v) is 7.22. The summed E-state index contributed by atoms with van der Waals surface area (Å²) in [5.41, 5.74) is 1.92. The van der Waals surface area contributed by atoms with Gasteiger partial charge in [-0.1, -0.05) is 24.3 Å². The molecule has 2 rings (SSSR count). The van der Waals surface area contributed by atoms with Gasteiger partial charge in [-0.2, -0.15) is 0 Å². The van der Waals surface area contributed by atoms with E-state index in [2.05, 4.69) is 41.4 Å². The van der Waals surface area contributed by atoms with Crippen molar-refractivity contribution in [1.29, 1.82) is 0 Å². The van der Waals surface area contributed by atoms with Crippen molar-refractivity contribution in [2.24, 2.45) is 0 Å². The highest BCUT2D eigenvalue weighted by molar-refractivity contribution is 5.27. The molecule has 1 fully saturated rings. The summed E-state index contributed by atoms with van der Waals surface area (Å²) in [5, 5.41) is 13.3. The Bertz CT molecular complexity index is 405. The van der Waals surface area contributed by atoms with Crippen LogP contribution < -0.4 is 5.32 Å². The maximum Gasteiger partial charge on any atom is 0.0631 e. The summed E-state index contributed by atoms with van der Waals surface area (Å²) in [6.07, 6.45) is 0.703. The molecule has 1 saturated heterocycles. The second-order valence-electron chi connectivity index (χ2n) is 6.20. The van der Waals surface area contributed by atoms with Crippen LogP contribution in [0.4, 0.5) is 0 Å². The van der Waals surface area contributed by atoms with Gasteiger partial charge in [-0.15, -0.1) is 0 Å². The van der Waals surface area contributed by atoms with Crippen LogP contribution in [-0.4, -0.2) is 41.8 Å². The topological polar surface area (TPSA) is 35.5 Å². The van der Waals surface area contributed by atoms with Crippen molar-refractivity contribution in [2.75, 3.05) is 26.2 Å². The minimum Gasteiger partial charge on any atom is -0.390 e. The Morgan fingerprint density at radius 1 is 1.32 bits per heavy atom. The lowest BCUT2D eigenvalue weighted by Crippen LogP contribution is -2.44. The first-order valence-electron chi connectivity index (χ1n) is 7.22. The lowest BCUT2D eigenvalue weighted by molar-refractivity contribution is 0.0809. The molecule has 0 spiro atoms. The van der Waals surface area contributed by atoms with Crippen LogP contribution in [0.5, 0.6) is 0 Å². The Hall–Kier alpha value is -0.900. The molecule has 3 heteroatoms. The minimum atomic E-state index is -0.642. The first kappa shape index (κ1) is 14.5. The van der Waals surface area contributed by atoms with E-state index in [0.29, 0.717) is 12.5 Å². The lowest BCUT2D eigenvalue weighted by atomic mass is 9.95. The second-order valence-corrected chi connectivity index (χ2v) is 6.20. The van der Waals surface area contributed by atoms with Gasteiger partial charge < -0.3 is 10.4 Å². The first-order chi connectivity index (χ1) is 8.96. The van der Waals surface area contributed by atoms with Crippen molar-refractivity contribution >= 4 is 0 Å². The standard InChI is InChI=1S/C16H26N2O/c1-13(18-9-7-17-8-10-18)15-6-4-5-14(11-15)12-16(2,3)19/h4-6,11,13,17,19H,7-10,12H2,1-3H3. The van der Waals surface area contributed by atoms with Gasteiger partial charge in [-0.25, -0.2) is 0 Å². The number of nitrogens with zero attached hydrogens (tertiary/aromatic N) is 1. The third-order valence-corrected chi connectivity index (χ3v) is 3.77. The van der Waals surface area contributed by atoms with Crippen LogP contribution in [0.2, 0.25) is 0 Å². The number of nitrogens with one attached hydrogen (secondary N) is 1. The van der Waals surface area contributed by atoms with E-state index in [9.17, 15) is 5.11 Å². The molecule has 1 aliphatic rings. The number of piperazine rings is 1. The van der Waals surface area contributed by atoms with Crippen LogP contribution >= 0.6 is 0 Å². The smallest absolute Gasteiger partial charge is 0.0631 e. The minimum absolute atomic E-state index is 0.448. The predicted molar refractivity (Wildman–Crippen MR) is 79.3 cm³/mol. The van der Waals surface area contributed by atoms with Gasteiger partial charge in [0, 0.05) is 38.6 Å². The third kappa shape index (κ3) is 4.30. The Morgan fingerprint density at radius 2 is 2.00 bits per heavy atom. The van der Waals surface area contributed by atoms with Crippen molar-refractivity contribution < 1.29 is 5.11 Å². The van der Waals surface area contributed by atoms with Gasteiger partial charge in [0.2, 0.25) is 0 Å². The summed E-state index contributed by atoms with van der Waals surface area (Å²) in [5.74, 6) is 0. The van der Waals surface area contributed by atoms with Crippen molar-refractivity contribution in [3.8, 4) is 0 Å². The molecule has 1 aliphatic heterocycles. The van der Waals surface area contributed by atoms with E-state index in [4.69, 9.17) is 0 Å². The van der Waals surface area contributed by atoms with Gasteiger partial charge in [-0.05, 0) is 31.9 Å². The molecule has 0 aliphatic carbocycles. The normalized spacial score (nSPS) is 19.4. The second kappa shape index (κ2) is 6.04. The van der Waals surface area contributed by atoms with Crippen LogP contribution in [-0.2, 0) is 6.42 Å². The van der Waals surface area contributed by atoms with Crippen LogP contribution in [0.15, 0.2) is 24.3 Å². The van der Waals surface area contributed by atoms with Crippen molar-refractivity contribution in [1.82, 2.24) is 10.2 Å². The van der Waals surface area contributed by atoms with Crippen LogP contribution in [0.3, 0.4) is 0 Å². The lowest BCUT2D eigenvalue weighted by Gasteiger charge is -2.33. The zero-order valence-electron chi connectivity index (χ0n) is 12.3. The molecular formula is C16H26N2O. The average Bonchev–Trinajstić information content (AvgIpc) is 2.37. The van der Waals surface area contributed by atoms with E-state index in [1.807, 2.05) is 13.8 Å². The van der Waals surface area contributed by atoms with Crippen molar-refractivity contribution in [3.63, 3.8) is 0 Å². The van der Waals surface area contributed by atoms with Crippen molar-refractivity contribution in [3.05, 3.63) is 35.4 Å². The average molecular weight is 262 g/mol. The Labute approximate surface area is 116 Å². The molecule has 0 aromatic heterocycles. The quantitative estimate of drug-likeness (QED) is 0.871. The molecule has 3 nitrogen and oxygen atoms in total. The molecule has 1 atom stereocenters. The van der Waals surface area contributed by atoms with Gasteiger partial charge in [0.15, 0.2) is 0 Å². The SMILES string of the molecule is CC(c1cccc(CC(C)(C)O)c1)N1CCNCC1. The van der Waals surface area contributed by atoms with E-state index >= 15 is 0 Å². The molecule has 1 heterocycles. The maximum absolute atomic E-state index is 9.93. The molecule has 0 amide bonds. The number of benzene rings is 1. The molecule has 0 bridgehead atoms. The summed E-state index contributed by atoms with van der Waals surface area (Å²) >= 11 is 0. The zero-order chi connectivity index (χ0) is 13.9. The summed E-state index contributed by atoms with van der Waals surface area (Å²) in [6, 6.07) is 9.09. The van der Waals surface area contributed by atoms with E-state index in [1.165, 1.54) is 11.1 Å². The summed E-state index contributed by atoms with van der Waals surface area (Å²) in [4.78, 5) is 2.51. The molecule has 106 valence electrons. The van der Waals surface area contributed by atoms with Gasteiger partial charge in [0.25, 0.3) is 0 Å². The van der Waals surface area contributed by atoms with Gasteiger partial charge in [0.1, 0.15) is 0 Å². The fourth-order valence-corrected chi connectivity index (χ4v) is 2.74. The number of aliphatic hydroxyl groups is 1. The summed E-state index contributed by atoms with van der Waals surface area (Å²) < 4.78 is 0. The molecule has 1 aromatic carbocycles. The van der Waals surface area contributed by atoms with Crippen molar-refractivity contribution in [2.45, 2.75) is 38.8 Å². The van der Waals surface area contributed by atoms with E-state index < -0.39 is 5.60 Å². The van der Waals surface area contributed by atoms with E-state index in [1.54, 1.807) is 0 Å². The molecular weight excluding hydrogens is 236 g/mol. The zero-order valence-corrected chi connectivity index (χ0v) is 12.3.